The van der Waals surface area contributed by atoms with Gasteiger partial charge in [0.2, 0.25) is 0 Å². The molecule has 0 radical (unpaired) electrons. The lowest BCUT2D eigenvalue weighted by molar-refractivity contribution is 1.62. The highest BCUT2D eigenvalue weighted by molar-refractivity contribution is 6.26. The highest BCUT2D eigenvalue weighted by Crippen LogP contribution is 2.45. The first-order chi connectivity index (χ1) is 26.8. The van der Waals surface area contributed by atoms with Gasteiger partial charge in [0.25, 0.3) is 0 Å². The molecule has 0 aromatic heterocycles. The zero-order chi connectivity index (χ0) is 35.6. The second-order valence-electron chi connectivity index (χ2n) is 14.4. The minimum Gasteiger partial charge on any atom is -0.0616 e. The number of benzene rings is 11. The lowest BCUT2D eigenvalue weighted by Crippen LogP contribution is -1.91. The summed E-state index contributed by atoms with van der Waals surface area (Å²) in [6.07, 6.45) is 0. The van der Waals surface area contributed by atoms with Crippen LogP contribution in [0.15, 0.2) is 206 Å². The van der Waals surface area contributed by atoms with E-state index in [4.69, 9.17) is 0 Å². The van der Waals surface area contributed by atoms with Gasteiger partial charge in [0.15, 0.2) is 0 Å². The number of hydrogen-bond donors (Lipinski definition) is 0. The van der Waals surface area contributed by atoms with E-state index in [1.165, 1.54) is 109 Å². The van der Waals surface area contributed by atoms with Gasteiger partial charge in [0.05, 0.1) is 0 Å². The molecule has 0 bridgehead atoms. The van der Waals surface area contributed by atoms with E-state index in [0.29, 0.717) is 0 Å². The molecule has 54 heavy (non-hydrogen) atoms. The van der Waals surface area contributed by atoms with Gasteiger partial charge in [-0.3, -0.25) is 0 Å². The molecule has 0 spiro atoms. The van der Waals surface area contributed by atoms with Crippen molar-refractivity contribution in [3.05, 3.63) is 206 Å². The highest BCUT2D eigenvalue weighted by atomic mass is 14.2. The van der Waals surface area contributed by atoms with Crippen LogP contribution in [0.2, 0.25) is 0 Å². The SMILES string of the molecule is c1cc(-c2ccc3c4ccccc4c4ccccc4c3c2)cc(-c2c3ccccc3c(-c3ccc(-c4ccc5ccccc5c4)cc3)c3ccccc23)c1. The van der Waals surface area contributed by atoms with Gasteiger partial charge in [-0.05, 0) is 127 Å². The Hall–Kier alpha value is -7.02. The minimum atomic E-state index is 1.22. The standard InChI is InChI=1S/C54H34/c1-2-13-38-32-40(29-26-35(38)12-1)36-24-27-37(28-25-36)53-48-20-7-9-22-50(48)54(51-23-10-8-21-49(51)53)42-15-11-14-39(33-42)41-30-31-47-45-18-4-3-16-43(45)44-17-5-6-19-46(44)52(47)34-41/h1-34H. The van der Waals surface area contributed by atoms with Gasteiger partial charge in [0, 0.05) is 0 Å². The van der Waals surface area contributed by atoms with Crippen molar-refractivity contribution < 1.29 is 0 Å². The van der Waals surface area contributed by atoms with E-state index in [1.54, 1.807) is 0 Å². The lowest BCUT2D eigenvalue weighted by atomic mass is 9.85. The average molecular weight is 683 g/mol. The predicted octanol–water partition coefficient (Wildman–Crippen LogP) is 15.3. The van der Waals surface area contributed by atoms with E-state index < -0.39 is 0 Å². The maximum absolute atomic E-state index is 2.39. The van der Waals surface area contributed by atoms with Crippen molar-refractivity contribution in [1.29, 1.82) is 0 Å². The second-order valence-corrected chi connectivity index (χ2v) is 14.4. The first kappa shape index (κ1) is 30.6. The fourth-order valence-corrected chi connectivity index (χ4v) is 8.89. The topological polar surface area (TPSA) is 0 Å². The van der Waals surface area contributed by atoms with Crippen LogP contribution in [0.25, 0.3) is 109 Å². The Morgan fingerprint density at radius 1 is 0.167 bits per heavy atom. The molecule has 0 aliphatic carbocycles. The molecule has 0 saturated heterocycles. The van der Waals surface area contributed by atoms with Gasteiger partial charge in [-0.15, -0.1) is 0 Å². The largest absolute Gasteiger partial charge is 0.0616 e. The molecule has 0 aliphatic heterocycles. The molecule has 0 N–H and O–H groups in total. The summed E-state index contributed by atoms with van der Waals surface area (Å²) in [6, 6.07) is 76.1. The first-order valence-corrected chi connectivity index (χ1v) is 18.8. The number of hydrogen-bond acceptors (Lipinski definition) is 0. The van der Waals surface area contributed by atoms with Crippen LogP contribution in [-0.4, -0.2) is 0 Å². The monoisotopic (exact) mass is 682 g/mol. The molecule has 0 heteroatoms. The molecule has 0 aliphatic rings. The van der Waals surface area contributed by atoms with Crippen molar-refractivity contribution in [2.45, 2.75) is 0 Å². The summed E-state index contributed by atoms with van der Waals surface area (Å²) >= 11 is 0. The molecule has 0 saturated carbocycles. The molecule has 0 nitrogen and oxygen atoms in total. The van der Waals surface area contributed by atoms with Crippen LogP contribution < -0.4 is 0 Å². The Morgan fingerprint density at radius 2 is 0.556 bits per heavy atom. The van der Waals surface area contributed by atoms with Crippen molar-refractivity contribution in [3.63, 3.8) is 0 Å². The van der Waals surface area contributed by atoms with Crippen LogP contribution in [0, 0.1) is 0 Å². The zero-order valence-electron chi connectivity index (χ0n) is 29.6. The molecule has 250 valence electrons. The fraction of sp³-hybridized carbons (Fsp3) is 0. The Kier molecular flexibility index (Phi) is 6.97. The summed E-state index contributed by atoms with van der Waals surface area (Å²) in [7, 11) is 0. The van der Waals surface area contributed by atoms with Crippen LogP contribution >= 0.6 is 0 Å². The average Bonchev–Trinajstić information content (AvgIpc) is 3.25. The third kappa shape index (κ3) is 4.85. The van der Waals surface area contributed by atoms with Crippen LogP contribution in [0.3, 0.4) is 0 Å². The second kappa shape index (κ2) is 12.3. The molecular weight excluding hydrogens is 649 g/mol. The predicted molar refractivity (Wildman–Crippen MR) is 233 cm³/mol. The molecule has 0 fully saturated rings. The summed E-state index contributed by atoms with van der Waals surface area (Å²) in [5, 5.41) is 15.4. The van der Waals surface area contributed by atoms with Gasteiger partial charge in [0.1, 0.15) is 0 Å². The molecule has 11 aromatic carbocycles. The third-order valence-electron chi connectivity index (χ3n) is 11.4. The Morgan fingerprint density at radius 3 is 1.17 bits per heavy atom. The third-order valence-corrected chi connectivity index (χ3v) is 11.4. The van der Waals surface area contributed by atoms with E-state index >= 15 is 0 Å². The molecule has 11 rings (SSSR count). The summed E-state index contributed by atoms with van der Waals surface area (Å²) < 4.78 is 0. The normalized spacial score (nSPS) is 11.7. The first-order valence-electron chi connectivity index (χ1n) is 18.8. The van der Waals surface area contributed by atoms with Crippen molar-refractivity contribution >= 4 is 64.6 Å². The van der Waals surface area contributed by atoms with Crippen LogP contribution in [0.1, 0.15) is 0 Å². The van der Waals surface area contributed by atoms with Gasteiger partial charge in [-0.1, -0.05) is 188 Å². The van der Waals surface area contributed by atoms with Crippen LogP contribution in [-0.2, 0) is 0 Å². The summed E-state index contributed by atoms with van der Waals surface area (Å²) in [5.74, 6) is 0. The van der Waals surface area contributed by atoms with Crippen molar-refractivity contribution in [2.24, 2.45) is 0 Å². The molecule has 11 aromatic rings. The zero-order valence-corrected chi connectivity index (χ0v) is 29.6. The maximum atomic E-state index is 2.39. The highest BCUT2D eigenvalue weighted by Gasteiger charge is 2.17. The molecule has 0 amide bonds. The Labute approximate surface area is 314 Å². The number of rotatable bonds is 4. The Bertz CT molecular complexity index is 3160. The molecule has 0 unspecified atom stereocenters. The van der Waals surface area contributed by atoms with Gasteiger partial charge < -0.3 is 0 Å². The van der Waals surface area contributed by atoms with E-state index in [2.05, 4.69) is 206 Å². The van der Waals surface area contributed by atoms with Crippen LogP contribution in [0.4, 0.5) is 0 Å². The molecular formula is C54H34. The van der Waals surface area contributed by atoms with Gasteiger partial charge in [-0.2, -0.15) is 0 Å². The quantitative estimate of drug-likeness (QED) is 0.128. The fourth-order valence-electron chi connectivity index (χ4n) is 8.89. The smallest absolute Gasteiger partial charge is 0.00262 e. The summed E-state index contributed by atoms with van der Waals surface area (Å²) in [6.45, 7) is 0. The van der Waals surface area contributed by atoms with Crippen molar-refractivity contribution in [3.8, 4) is 44.5 Å². The van der Waals surface area contributed by atoms with Gasteiger partial charge >= 0.3 is 0 Å². The van der Waals surface area contributed by atoms with Crippen molar-refractivity contribution in [1.82, 2.24) is 0 Å². The van der Waals surface area contributed by atoms with E-state index in [0.717, 1.165) is 0 Å². The maximum Gasteiger partial charge on any atom is -0.00262 e. The van der Waals surface area contributed by atoms with E-state index in [-0.39, 0.29) is 0 Å². The van der Waals surface area contributed by atoms with E-state index in [1.807, 2.05) is 0 Å². The van der Waals surface area contributed by atoms with Crippen molar-refractivity contribution in [2.75, 3.05) is 0 Å². The van der Waals surface area contributed by atoms with Crippen LogP contribution in [0.5, 0.6) is 0 Å². The molecule has 0 heterocycles. The lowest BCUT2D eigenvalue weighted by Gasteiger charge is -2.18. The summed E-state index contributed by atoms with van der Waals surface area (Å²) in [4.78, 5) is 0. The minimum absolute atomic E-state index is 1.22. The van der Waals surface area contributed by atoms with E-state index in [9.17, 15) is 0 Å². The van der Waals surface area contributed by atoms with Gasteiger partial charge in [-0.25, -0.2) is 0 Å². The number of fused-ring (bicyclic) bond motifs is 9. The molecule has 0 atom stereocenters. The Balaban J connectivity index is 1.06. The summed E-state index contributed by atoms with van der Waals surface area (Å²) in [5.41, 5.74) is 9.90.